The lowest BCUT2D eigenvalue weighted by molar-refractivity contribution is -0.123. The fraction of sp³-hybridized carbons (Fsp3) is 0.368. The van der Waals surface area contributed by atoms with E-state index in [1.54, 1.807) is 19.4 Å². The Morgan fingerprint density at radius 2 is 2.08 bits per heavy atom. The van der Waals surface area contributed by atoms with Crippen LogP contribution in [0.4, 0.5) is 0 Å². The lowest BCUT2D eigenvalue weighted by atomic mass is 9.98. The number of amides is 1. The maximum absolute atomic E-state index is 12.0. The van der Waals surface area contributed by atoms with Crippen LogP contribution in [0.25, 0.3) is 0 Å². The zero-order valence-electron chi connectivity index (χ0n) is 14.4. The Kier molecular flexibility index (Phi) is 6.61. The summed E-state index contributed by atoms with van der Waals surface area (Å²) in [4.78, 5) is 16.0. The van der Waals surface area contributed by atoms with E-state index in [4.69, 9.17) is 9.47 Å². The monoisotopic (exact) mass is 328 g/mol. The molecule has 24 heavy (non-hydrogen) atoms. The van der Waals surface area contributed by atoms with Crippen LogP contribution in [-0.2, 0) is 11.3 Å². The van der Waals surface area contributed by atoms with E-state index >= 15 is 0 Å². The average molecular weight is 328 g/mol. The van der Waals surface area contributed by atoms with Crippen molar-refractivity contribution in [2.75, 3.05) is 13.7 Å². The molecule has 0 radical (unpaired) electrons. The molecular formula is C19H24N2O3. The van der Waals surface area contributed by atoms with Gasteiger partial charge in [0.1, 0.15) is 5.75 Å². The minimum Gasteiger partial charge on any atom is -0.483 e. The molecule has 0 saturated carbocycles. The van der Waals surface area contributed by atoms with Crippen molar-refractivity contribution in [1.82, 2.24) is 10.3 Å². The smallest absolute Gasteiger partial charge is 0.258 e. The molecule has 1 atom stereocenters. The number of rotatable bonds is 8. The first-order valence-corrected chi connectivity index (χ1v) is 8.11. The summed E-state index contributed by atoms with van der Waals surface area (Å²) in [6, 6.07) is 11.5. The maximum Gasteiger partial charge on any atom is 0.258 e. The molecule has 2 rings (SSSR count). The topological polar surface area (TPSA) is 60.5 Å². The first-order chi connectivity index (χ1) is 11.6. The van der Waals surface area contributed by atoms with Crippen molar-refractivity contribution < 1.29 is 14.3 Å². The molecule has 0 aliphatic carbocycles. The fourth-order valence-corrected chi connectivity index (χ4v) is 2.31. The third-order valence-electron chi connectivity index (χ3n) is 3.92. The molecule has 1 N–H and O–H groups in total. The molecule has 128 valence electrons. The van der Waals surface area contributed by atoms with E-state index in [0.29, 0.717) is 18.3 Å². The van der Waals surface area contributed by atoms with Gasteiger partial charge in [-0.25, -0.2) is 4.98 Å². The van der Waals surface area contributed by atoms with E-state index in [0.717, 1.165) is 23.3 Å². The number of carbonyl (C=O) groups is 1. The summed E-state index contributed by atoms with van der Waals surface area (Å²) in [7, 11) is 1.56. The standard InChI is InChI=1S/C19H24N2O3/c1-4-14(2)16-7-5-6-8-17(16)24-13-18(22)21-12-15-9-10-20-19(11-15)23-3/h5-11,14H,4,12-13H2,1-3H3,(H,21,22). The molecule has 5 nitrogen and oxygen atoms in total. The molecule has 0 bridgehead atoms. The van der Waals surface area contributed by atoms with Gasteiger partial charge in [0.05, 0.1) is 7.11 Å². The lowest BCUT2D eigenvalue weighted by Crippen LogP contribution is -2.28. The Balaban J connectivity index is 1.87. The van der Waals surface area contributed by atoms with Crippen molar-refractivity contribution >= 4 is 5.91 Å². The normalized spacial score (nSPS) is 11.6. The van der Waals surface area contributed by atoms with Crippen LogP contribution in [0.1, 0.15) is 37.3 Å². The minimum atomic E-state index is -0.162. The van der Waals surface area contributed by atoms with Crippen molar-refractivity contribution in [2.24, 2.45) is 0 Å². The Morgan fingerprint density at radius 1 is 1.29 bits per heavy atom. The summed E-state index contributed by atoms with van der Waals surface area (Å²) < 4.78 is 10.8. The van der Waals surface area contributed by atoms with E-state index in [9.17, 15) is 4.79 Å². The summed E-state index contributed by atoms with van der Waals surface area (Å²) in [5.74, 6) is 1.53. The van der Waals surface area contributed by atoms with Gasteiger partial charge in [-0.3, -0.25) is 4.79 Å². The van der Waals surface area contributed by atoms with Gasteiger partial charge in [0.2, 0.25) is 5.88 Å². The van der Waals surface area contributed by atoms with Crippen LogP contribution >= 0.6 is 0 Å². The Labute approximate surface area is 143 Å². The summed E-state index contributed by atoms with van der Waals surface area (Å²) in [5.41, 5.74) is 2.06. The maximum atomic E-state index is 12.0. The lowest BCUT2D eigenvalue weighted by Gasteiger charge is -2.15. The SMILES string of the molecule is CCC(C)c1ccccc1OCC(=O)NCc1ccnc(OC)c1. The van der Waals surface area contributed by atoms with E-state index in [-0.39, 0.29) is 12.5 Å². The largest absolute Gasteiger partial charge is 0.483 e. The molecule has 5 heteroatoms. The number of para-hydroxylation sites is 1. The highest BCUT2D eigenvalue weighted by molar-refractivity contribution is 5.77. The van der Waals surface area contributed by atoms with Gasteiger partial charge in [-0.05, 0) is 35.6 Å². The van der Waals surface area contributed by atoms with Crippen molar-refractivity contribution in [3.63, 3.8) is 0 Å². The second-order valence-corrected chi connectivity index (χ2v) is 5.62. The van der Waals surface area contributed by atoms with E-state index in [1.165, 1.54) is 0 Å². The van der Waals surface area contributed by atoms with Crippen molar-refractivity contribution in [2.45, 2.75) is 32.7 Å². The fourth-order valence-electron chi connectivity index (χ4n) is 2.31. The third kappa shape index (κ3) is 4.98. The number of benzene rings is 1. The first kappa shape index (κ1) is 17.8. The Hall–Kier alpha value is -2.56. The molecule has 0 aliphatic rings. The van der Waals surface area contributed by atoms with Crippen LogP contribution in [0, 0.1) is 0 Å². The minimum absolute atomic E-state index is 0.00430. The summed E-state index contributed by atoms with van der Waals surface area (Å²) in [6.07, 6.45) is 2.68. The van der Waals surface area contributed by atoms with Crippen molar-refractivity contribution in [3.05, 3.63) is 53.7 Å². The van der Waals surface area contributed by atoms with E-state index < -0.39 is 0 Å². The molecule has 0 spiro atoms. The summed E-state index contributed by atoms with van der Waals surface area (Å²) >= 11 is 0. The van der Waals surface area contributed by atoms with Gasteiger partial charge in [0, 0.05) is 18.8 Å². The Morgan fingerprint density at radius 3 is 2.83 bits per heavy atom. The molecule has 2 aromatic rings. The molecule has 0 aliphatic heterocycles. The highest BCUT2D eigenvalue weighted by Crippen LogP contribution is 2.28. The van der Waals surface area contributed by atoms with Gasteiger partial charge in [0.15, 0.2) is 6.61 Å². The zero-order valence-corrected chi connectivity index (χ0v) is 14.4. The number of hydrogen-bond acceptors (Lipinski definition) is 4. The molecule has 1 aromatic carbocycles. The molecule has 1 heterocycles. The number of methoxy groups -OCH3 is 1. The number of pyridine rings is 1. The number of nitrogens with zero attached hydrogens (tertiary/aromatic N) is 1. The van der Waals surface area contributed by atoms with Gasteiger partial charge >= 0.3 is 0 Å². The predicted octanol–water partition coefficient (Wildman–Crippen LogP) is 3.30. The van der Waals surface area contributed by atoms with Crippen LogP contribution < -0.4 is 14.8 Å². The highest BCUT2D eigenvalue weighted by atomic mass is 16.5. The van der Waals surface area contributed by atoms with Crippen LogP contribution in [0.15, 0.2) is 42.6 Å². The first-order valence-electron chi connectivity index (χ1n) is 8.11. The average Bonchev–Trinajstić information content (AvgIpc) is 2.64. The zero-order chi connectivity index (χ0) is 17.4. The molecule has 1 amide bonds. The number of aromatic nitrogens is 1. The third-order valence-corrected chi connectivity index (χ3v) is 3.92. The number of nitrogens with one attached hydrogen (secondary N) is 1. The van der Waals surface area contributed by atoms with Gasteiger partial charge in [-0.15, -0.1) is 0 Å². The number of carbonyl (C=O) groups excluding carboxylic acids is 1. The van der Waals surface area contributed by atoms with Gasteiger partial charge in [-0.2, -0.15) is 0 Å². The number of ether oxygens (including phenoxy) is 2. The van der Waals surface area contributed by atoms with E-state index in [1.807, 2.05) is 30.3 Å². The second kappa shape index (κ2) is 8.91. The van der Waals surface area contributed by atoms with Gasteiger partial charge in [0.25, 0.3) is 5.91 Å². The summed E-state index contributed by atoms with van der Waals surface area (Å²) in [6.45, 7) is 4.69. The molecule has 0 fully saturated rings. The molecular weight excluding hydrogens is 304 g/mol. The highest BCUT2D eigenvalue weighted by Gasteiger charge is 2.11. The van der Waals surface area contributed by atoms with Gasteiger partial charge < -0.3 is 14.8 Å². The van der Waals surface area contributed by atoms with Crippen LogP contribution in [0.3, 0.4) is 0 Å². The second-order valence-electron chi connectivity index (χ2n) is 5.62. The quantitative estimate of drug-likeness (QED) is 0.808. The molecule has 1 unspecified atom stereocenters. The van der Waals surface area contributed by atoms with Crippen LogP contribution in [-0.4, -0.2) is 24.6 Å². The van der Waals surface area contributed by atoms with E-state index in [2.05, 4.69) is 24.1 Å². The van der Waals surface area contributed by atoms with Crippen LogP contribution in [0.2, 0.25) is 0 Å². The van der Waals surface area contributed by atoms with Crippen molar-refractivity contribution in [1.29, 1.82) is 0 Å². The Bertz CT molecular complexity index is 673. The number of hydrogen-bond donors (Lipinski definition) is 1. The molecule has 0 saturated heterocycles. The predicted molar refractivity (Wildman–Crippen MR) is 93.3 cm³/mol. The van der Waals surface area contributed by atoms with Gasteiger partial charge in [-0.1, -0.05) is 32.0 Å². The molecule has 1 aromatic heterocycles. The van der Waals surface area contributed by atoms with Crippen molar-refractivity contribution in [3.8, 4) is 11.6 Å². The summed E-state index contributed by atoms with van der Waals surface area (Å²) in [5, 5.41) is 2.84. The van der Waals surface area contributed by atoms with Crippen LogP contribution in [0.5, 0.6) is 11.6 Å².